The average molecular weight is 336 g/mol. The summed E-state index contributed by atoms with van der Waals surface area (Å²) in [4.78, 5) is 37.1. The van der Waals surface area contributed by atoms with Gasteiger partial charge < -0.3 is 19.7 Å². The smallest absolute Gasteiger partial charge is 0.339 e. The van der Waals surface area contributed by atoms with Gasteiger partial charge in [-0.25, -0.2) is 4.79 Å². The van der Waals surface area contributed by atoms with Crippen LogP contribution in [0.25, 0.3) is 0 Å². The second kappa shape index (κ2) is 8.52. The lowest BCUT2D eigenvalue weighted by atomic mass is 10.2. The first-order chi connectivity index (χ1) is 11.5. The van der Waals surface area contributed by atoms with Crippen LogP contribution in [0.2, 0.25) is 0 Å². The van der Waals surface area contributed by atoms with E-state index in [4.69, 9.17) is 9.52 Å². The first-order valence-electron chi connectivity index (χ1n) is 8.45. The molecule has 0 bridgehead atoms. The summed E-state index contributed by atoms with van der Waals surface area (Å²) in [6.07, 6.45) is 5.00. The number of hydrogen-bond acceptors (Lipinski definition) is 4. The zero-order valence-corrected chi connectivity index (χ0v) is 14.0. The first kappa shape index (κ1) is 18.0. The molecule has 0 aliphatic carbocycles. The maximum absolute atomic E-state index is 12.1. The molecule has 2 N–H and O–H groups in total. The third-order valence-electron chi connectivity index (χ3n) is 4.17. The standard InChI is InChI=1S/C17H24N2O5/c1-2-13-12(17(22)23)11-14(24-13)16(21)18-8-7-15(20)19-9-5-3-4-6-10-19/h11H,2-10H2,1H3,(H,18,21)(H,22,23). The lowest BCUT2D eigenvalue weighted by Gasteiger charge is -2.20. The highest BCUT2D eigenvalue weighted by Gasteiger charge is 2.20. The van der Waals surface area contributed by atoms with E-state index in [-0.39, 0.29) is 36.0 Å². The van der Waals surface area contributed by atoms with Crippen LogP contribution >= 0.6 is 0 Å². The van der Waals surface area contributed by atoms with Gasteiger partial charge in [-0.05, 0) is 12.8 Å². The number of hydrogen-bond donors (Lipinski definition) is 2. The number of carboxylic acid groups (broad SMARTS) is 1. The van der Waals surface area contributed by atoms with Crippen molar-refractivity contribution in [1.82, 2.24) is 10.2 Å². The highest BCUT2D eigenvalue weighted by Crippen LogP contribution is 2.16. The van der Waals surface area contributed by atoms with E-state index in [0.717, 1.165) is 38.8 Å². The summed E-state index contributed by atoms with van der Waals surface area (Å²) in [7, 11) is 0. The second-order valence-electron chi connectivity index (χ2n) is 5.91. The van der Waals surface area contributed by atoms with E-state index in [2.05, 4.69) is 5.32 Å². The van der Waals surface area contributed by atoms with Crippen LogP contribution in [0.5, 0.6) is 0 Å². The normalized spacial score (nSPS) is 15.0. The van der Waals surface area contributed by atoms with E-state index in [9.17, 15) is 14.4 Å². The molecule has 0 aromatic carbocycles. The zero-order valence-electron chi connectivity index (χ0n) is 14.0. The molecule has 0 saturated carbocycles. The van der Waals surface area contributed by atoms with Crippen molar-refractivity contribution < 1.29 is 23.9 Å². The minimum absolute atomic E-state index is 0.00305. The zero-order chi connectivity index (χ0) is 17.5. The van der Waals surface area contributed by atoms with Crippen molar-refractivity contribution in [3.05, 3.63) is 23.2 Å². The molecule has 1 fully saturated rings. The van der Waals surface area contributed by atoms with E-state index in [0.29, 0.717) is 6.42 Å². The van der Waals surface area contributed by atoms with Gasteiger partial charge in [0.05, 0.1) is 0 Å². The summed E-state index contributed by atoms with van der Waals surface area (Å²) in [6, 6.07) is 1.23. The van der Waals surface area contributed by atoms with Crippen LogP contribution in [0.3, 0.4) is 0 Å². The minimum atomic E-state index is -1.12. The van der Waals surface area contributed by atoms with E-state index in [1.165, 1.54) is 6.07 Å². The van der Waals surface area contributed by atoms with Crippen molar-refractivity contribution in [1.29, 1.82) is 0 Å². The molecule has 0 radical (unpaired) electrons. The van der Waals surface area contributed by atoms with Gasteiger partial charge in [0.15, 0.2) is 5.76 Å². The highest BCUT2D eigenvalue weighted by atomic mass is 16.4. The number of furan rings is 1. The number of nitrogens with zero attached hydrogens (tertiary/aromatic N) is 1. The van der Waals surface area contributed by atoms with Crippen molar-refractivity contribution in [2.75, 3.05) is 19.6 Å². The fourth-order valence-electron chi connectivity index (χ4n) is 2.83. The fourth-order valence-corrected chi connectivity index (χ4v) is 2.83. The van der Waals surface area contributed by atoms with Gasteiger partial charge in [0.25, 0.3) is 5.91 Å². The number of carbonyl (C=O) groups is 3. The lowest BCUT2D eigenvalue weighted by molar-refractivity contribution is -0.131. The number of aryl methyl sites for hydroxylation is 1. The Morgan fingerprint density at radius 3 is 2.42 bits per heavy atom. The molecule has 1 saturated heterocycles. The summed E-state index contributed by atoms with van der Waals surface area (Å²) in [6.45, 7) is 3.53. The molecule has 0 unspecified atom stereocenters. The molecule has 0 atom stereocenters. The van der Waals surface area contributed by atoms with Crippen molar-refractivity contribution in [2.45, 2.75) is 45.4 Å². The Balaban J connectivity index is 1.84. The number of rotatable bonds is 6. The number of likely N-dealkylation sites (tertiary alicyclic amines) is 1. The third-order valence-corrected chi connectivity index (χ3v) is 4.17. The van der Waals surface area contributed by atoms with Crippen LogP contribution in [0, 0.1) is 0 Å². The Morgan fingerprint density at radius 1 is 1.21 bits per heavy atom. The van der Waals surface area contributed by atoms with E-state index in [1.54, 1.807) is 6.92 Å². The van der Waals surface area contributed by atoms with Gasteiger partial charge in [-0.15, -0.1) is 0 Å². The van der Waals surface area contributed by atoms with E-state index < -0.39 is 11.9 Å². The van der Waals surface area contributed by atoms with Gasteiger partial charge in [-0.3, -0.25) is 9.59 Å². The van der Waals surface area contributed by atoms with E-state index >= 15 is 0 Å². The van der Waals surface area contributed by atoms with Gasteiger partial charge in [0.2, 0.25) is 5.91 Å². The summed E-state index contributed by atoms with van der Waals surface area (Å²) < 4.78 is 5.29. The van der Waals surface area contributed by atoms with Crippen LogP contribution < -0.4 is 5.32 Å². The van der Waals surface area contributed by atoms with Gasteiger partial charge in [0.1, 0.15) is 11.3 Å². The highest BCUT2D eigenvalue weighted by molar-refractivity contribution is 5.96. The third kappa shape index (κ3) is 4.59. The molecule has 7 nitrogen and oxygen atoms in total. The molecule has 7 heteroatoms. The summed E-state index contributed by atoms with van der Waals surface area (Å²) >= 11 is 0. The molecule has 132 valence electrons. The Bertz CT molecular complexity index is 600. The molecule has 1 aromatic rings. The van der Waals surface area contributed by atoms with Gasteiger partial charge >= 0.3 is 5.97 Å². The lowest BCUT2D eigenvalue weighted by Crippen LogP contribution is -2.35. The fraction of sp³-hybridized carbons (Fsp3) is 0.588. The number of carboxylic acids is 1. The number of nitrogens with one attached hydrogen (secondary N) is 1. The maximum atomic E-state index is 12.1. The van der Waals surface area contributed by atoms with Gasteiger partial charge in [-0.2, -0.15) is 0 Å². The Kier molecular flexibility index (Phi) is 6.40. The van der Waals surface area contributed by atoms with E-state index in [1.807, 2.05) is 4.90 Å². The molecule has 0 spiro atoms. The van der Waals surface area contributed by atoms with Crippen molar-refractivity contribution in [3.63, 3.8) is 0 Å². The van der Waals surface area contributed by atoms with Crippen LogP contribution in [0.4, 0.5) is 0 Å². The Hall–Kier alpha value is -2.31. The van der Waals surface area contributed by atoms with Crippen molar-refractivity contribution >= 4 is 17.8 Å². The first-order valence-corrected chi connectivity index (χ1v) is 8.45. The minimum Gasteiger partial charge on any atom is -0.478 e. The number of amides is 2. The molecule has 24 heavy (non-hydrogen) atoms. The molecule has 2 rings (SSSR count). The molecule has 1 aromatic heterocycles. The predicted octanol–water partition coefficient (Wildman–Crippen LogP) is 2.06. The molecular formula is C17H24N2O5. The topological polar surface area (TPSA) is 99.9 Å². The summed E-state index contributed by atoms with van der Waals surface area (Å²) in [5, 5.41) is 11.7. The summed E-state index contributed by atoms with van der Waals surface area (Å²) in [5.41, 5.74) is 0.00305. The largest absolute Gasteiger partial charge is 0.478 e. The molecule has 1 aliphatic heterocycles. The monoisotopic (exact) mass is 336 g/mol. The summed E-state index contributed by atoms with van der Waals surface area (Å²) in [5.74, 6) is -1.34. The quantitative estimate of drug-likeness (QED) is 0.828. The van der Waals surface area contributed by atoms with Gasteiger partial charge in [-0.1, -0.05) is 19.8 Å². The van der Waals surface area contributed by atoms with Crippen LogP contribution in [0.15, 0.2) is 10.5 Å². The number of aromatic carboxylic acids is 1. The molecular weight excluding hydrogens is 312 g/mol. The van der Waals surface area contributed by atoms with Crippen LogP contribution in [-0.2, 0) is 11.2 Å². The number of carbonyl (C=O) groups excluding carboxylic acids is 2. The van der Waals surface area contributed by atoms with Crippen molar-refractivity contribution in [2.24, 2.45) is 0 Å². The molecule has 1 aliphatic rings. The van der Waals surface area contributed by atoms with Crippen LogP contribution in [0.1, 0.15) is 65.7 Å². The second-order valence-corrected chi connectivity index (χ2v) is 5.91. The maximum Gasteiger partial charge on any atom is 0.339 e. The SMILES string of the molecule is CCc1oc(C(=O)NCCC(=O)N2CCCCCC2)cc1C(=O)O. The predicted molar refractivity (Wildman–Crippen MR) is 87.0 cm³/mol. The molecule has 2 amide bonds. The van der Waals surface area contributed by atoms with Crippen molar-refractivity contribution in [3.8, 4) is 0 Å². The Morgan fingerprint density at radius 2 is 1.88 bits per heavy atom. The Labute approximate surface area is 141 Å². The molecule has 2 heterocycles. The van der Waals surface area contributed by atoms with Gasteiger partial charge in [0, 0.05) is 38.5 Å². The average Bonchev–Trinajstić information content (AvgIpc) is 2.82. The van der Waals surface area contributed by atoms with Crippen LogP contribution in [-0.4, -0.2) is 47.4 Å².